The minimum Gasteiger partial charge on any atom is -0.490 e. The van der Waals surface area contributed by atoms with Crippen molar-refractivity contribution in [2.24, 2.45) is 22.9 Å². The van der Waals surface area contributed by atoms with Crippen LogP contribution in [0.5, 0.6) is 5.75 Å². The number of halogens is 1. The number of sulfonamides is 1. The van der Waals surface area contributed by atoms with E-state index in [2.05, 4.69) is 17.0 Å². The van der Waals surface area contributed by atoms with Gasteiger partial charge in [-0.15, -0.1) is 0 Å². The molecule has 1 spiro atoms. The lowest BCUT2D eigenvalue weighted by atomic mass is 9.68. The van der Waals surface area contributed by atoms with Crippen molar-refractivity contribution in [1.82, 2.24) is 0 Å². The van der Waals surface area contributed by atoms with E-state index in [0.29, 0.717) is 38.3 Å². The number of nitrogens with zero attached hydrogens (tertiary/aromatic N) is 1. The highest BCUT2D eigenvalue weighted by atomic mass is 35.5. The first-order valence-corrected chi connectivity index (χ1v) is 17.8. The van der Waals surface area contributed by atoms with Gasteiger partial charge in [0.2, 0.25) is 10.0 Å². The monoisotopic (exact) mass is 644 g/mol. The van der Waals surface area contributed by atoms with Crippen LogP contribution in [-0.2, 0) is 21.9 Å². The number of carboxylic acid groups (broad SMARTS) is 1. The molecule has 0 aromatic heterocycles. The molecule has 0 unspecified atom stereocenters. The summed E-state index contributed by atoms with van der Waals surface area (Å²) in [5.74, 6) is -0.199. The number of aromatic carboxylic acids is 1. The van der Waals surface area contributed by atoms with E-state index in [9.17, 15) is 23.4 Å². The Morgan fingerprint density at radius 3 is 2.73 bits per heavy atom. The van der Waals surface area contributed by atoms with Gasteiger partial charge in [-0.1, -0.05) is 50.1 Å². The van der Waals surface area contributed by atoms with Gasteiger partial charge in [0.05, 0.1) is 29.2 Å². The fourth-order valence-corrected chi connectivity index (χ4v) is 9.10. The number of primary sulfonamides is 1. The molecular formula is C34H45ClN2O6S. The zero-order chi connectivity index (χ0) is 31.6. The standard InChI is InChI=1S/C34H45ClN2O6S/c1-3-6-32(44(36,41)42)22(2)7-4-9-30(38)27-13-10-25(27)19-37-20-34(16-5-8-23-17-26(35)12-14-28(23)34)21-43-31-15-11-24(33(39)40)18-29(31)37/h4,9,11-12,14-15,17-18,22,25,27,30,32,38H,3,5-8,10,13,16,19-21H2,1-2H3,(H,39,40)(H2,36,41,42)/t22-,25+,27-,30+,32+,34-/m1/s1. The lowest BCUT2D eigenvalue weighted by molar-refractivity contribution is 0.0455. The third-order valence-electron chi connectivity index (χ3n) is 10.1. The molecule has 1 aliphatic heterocycles. The van der Waals surface area contributed by atoms with E-state index < -0.39 is 27.3 Å². The Balaban J connectivity index is 1.36. The maximum Gasteiger partial charge on any atom is 0.335 e. The number of aliphatic hydroxyl groups excluding tert-OH is 1. The molecule has 8 nitrogen and oxygen atoms in total. The Bertz CT molecular complexity index is 1500. The van der Waals surface area contributed by atoms with Crippen LogP contribution in [0.15, 0.2) is 48.6 Å². The van der Waals surface area contributed by atoms with Gasteiger partial charge >= 0.3 is 5.97 Å². The number of fused-ring (bicyclic) bond motifs is 3. The number of nitrogens with two attached hydrogens (primary N) is 1. The summed E-state index contributed by atoms with van der Waals surface area (Å²) in [6.07, 6.45) is 9.61. The highest BCUT2D eigenvalue weighted by Gasteiger charge is 2.44. The summed E-state index contributed by atoms with van der Waals surface area (Å²) in [6, 6.07) is 11.2. The summed E-state index contributed by atoms with van der Waals surface area (Å²) in [5.41, 5.74) is 3.20. The molecule has 3 aliphatic rings. The second kappa shape index (κ2) is 13.4. The van der Waals surface area contributed by atoms with E-state index in [1.165, 1.54) is 11.1 Å². The summed E-state index contributed by atoms with van der Waals surface area (Å²) < 4.78 is 30.6. The van der Waals surface area contributed by atoms with Crippen molar-refractivity contribution in [2.75, 3.05) is 24.6 Å². The lowest BCUT2D eigenvalue weighted by Crippen LogP contribution is -2.49. The van der Waals surface area contributed by atoms with Crippen LogP contribution in [0.4, 0.5) is 5.69 Å². The molecule has 0 saturated heterocycles. The SMILES string of the molecule is CCC[C@@H]([C@H](C)CC=C[C@H](O)[C@@H]1CC[C@H]1CN1C[C@]2(CCCc3cc(Cl)ccc32)COc2ccc(C(=O)O)cc21)S(N)(=O)=O. The first-order valence-electron chi connectivity index (χ1n) is 15.8. The molecule has 44 heavy (non-hydrogen) atoms. The van der Waals surface area contributed by atoms with Crippen LogP contribution in [-0.4, -0.2) is 55.7 Å². The minimum atomic E-state index is -3.64. The number of anilines is 1. The van der Waals surface area contributed by atoms with Crippen LogP contribution in [0, 0.1) is 17.8 Å². The quantitative estimate of drug-likeness (QED) is 0.258. The maximum atomic E-state index is 12.1. The van der Waals surface area contributed by atoms with Crippen LogP contribution >= 0.6 is 11.6 Å². The van der Waals surface area contributed by atoms with Gasteiger partial charge in [-0.05, 0) is 104 Å². The molecular weight excluding hydrogens is 600 g/mol. The molecule has 6 atom stereocenters. The number of carboxylic acids is 1. The van der Waals surface area contributed by atoms with Crippen molar-refractivity contribution in [1.29, 1.82) is 0 Å². The average Bonchev–Trinajstić information content (AvgIpc) is 3.10. The Kier molecular flexibility index (Phi) is 10.00. The van der Waals surface area contributed by atoms with Crippen molar-refractivity contribution in [3.05, 3.63) is 70.3 Å². The summed E-state index contributed by atoms with van der Waals surface area (Å²) >= 11 is 6.37. The molecule has 0 radical (unpaired) electrons. The van der Waals surface area contributed by atoms with Gasteiger partial charge in [0.1, 0.15) is 5.75 Å². The number of aryl methyl sites for hydroxylation is 1. The fraction of sp³-hybridized carbons (Fsp3) is 0.559. The summed E-state index contributed by atoms with van der Waals surface area (Å²) in [6.45, 7) is 5.68. The number of rotatable bonds is 11. The third kappa shape index (κ3) is 6.96. The number of allylic oxidation sites excluding steroid dienone is 1. The van der Waals surface area contributed by atoms with Crippen LogP contribution < -0.4 is 14.8 Å². The summed E-state index contributed by atoms with van der Waals surface area (Å²) in [4.78, 5) is 14.2. The molecule has 5 rings (SSSR count). The topological polar surface area (TPSA) is 130 Å². The number of hydrogen-bond donors (Lipinski definition) is 3. The number of hydrogen-bond acceptors (Lipinski definition) is 6. The van der Waals surface area contributed by atoms with Crippen LogP contribution in [0.2, 0.25) is 5.02 Å². The van der Waals surface area contributed by atoms with E-state index in [0.717, 1.165) is 49.2 Å². The highest BCUT2D eigenvalue weighted by Crippen LogP contribution is 2.46. The molecule has 0 amide bonds. The first kappa shape index (κ1) is 32.8. The molecule has 1 saturated carbocycles. The van der Waals surface area contributed by atoms with Gasteiger partial charge in [-0.25, -0.2) is 18.4 Å². The van der Waals surface area contributed by atoms with Crippen LogP contribution in [0.25, 0.3) is 0 Å². The Hall–Kier alpha value is -2.59. The molecule has 240 valence electrons. The predicted octanol–water partition coefficient (Wildman–Crippen LogP) is 5.94. The molecule has 1 fully saturated rings. The number of benzene rings is 2. The van der Waals surface area contributed by atoms with Gasteiger partial charge in [-0.2, -0.15) is 0 Å². The maximum absolute atomic E-state index is 12.1. The first-order chi connectivity index (χ1) is 20.9. The molecule has 1 heterocycles. The van der Waals surface area contributed by atoms with Gasteiger partial charge in [0, 0.05) is 23.5 Å². The zero-order valence-corrected chi connectivity index (χ0v) is 27.2. The van der Waals surface area contributed by atoms with Crippen molar-refractivity contribution in [3.63, 3.8) is 0 Å². The van der Waals surface area contributed by atoms with Crippen molar-refractivity contribution >= 4 is 33.3 Å². The van der Waals surface area contributed by atoms with Crippen molar-refractivity contribution in [2.45, 2.75) is 82.0 Å². The zero-order valence-electron chi connectivity index (χ0n) is 25.6. The van der Waals surface area contributed by atoms with E-state index in [-0.39, 0.29) is 28.7 Å². The summed E-state index contributed by atoms with van der Waals surface area (Å²) in [7, 11) is -3.64. The van der Waals surface area contributed by atoms with Gasteiger partial charge in [0.25, 0.3) is 0 Å². The number of carbonyl (C=O) groups is 1. The Morgan fingerprint density at radius 1 is 1.25 bits per heavy atom. The van der Waals surface area contributed by atoms with Crippen molar-refractivity contribution in [3.8, 4) is 5.75 Å². The van der Waals surface area contributed by atoms with E-state index >= 15 is 0 Å². The molecule has 2 aromatic rings. The number of aliphatic hydroxyl groups is 1. The van der Waals surface area contributed by atoms with Gasteiger partial charge < -0.3 is 19.8 Å². The normalized spacial score (nSPS) is 25.3. The molecule has 4 N–H and O–H groups in total. The van der Waals surface area contributed by atoms with Gasteiger partial charge in [-0.3, -0.25) is 0 Å². The smallest absolute Gasteiger partial charge is 0.335 e. The largest absolute Gasteiger partial charge is 0.490 e. The number of ether oxygens (including phenoxy) is 1. The van der Waals surface area contributed by atoms with Crippen LogP contribution in [0.3, 0.4) is 0 Å². The van der Waals surface area contributed by atoms with Gasteiger partial charge in [0.15, 0.2) is 0 Å². The Labute approximate surface area is 266 Å². The lowest BCUT2D eigenvalue weighted by Gasteiger charge is -2.45. The van der Waals surface area contributed by atoms with Crippen LogP contribution in [0.1, 0.15) is 80.3 Å². The second-order valence-corrected chi connectivity index (χ2v) is 15.4. The van der Waals surface area contributed by atoms with Crippen molar-refractivity contribution < 1.29 is 28.2 Å². The molecule has 10 heteroatoms. The average molecular weight is 645 g/mol. The van der Waals surface area contributed by atoms with E-state index in [1.807, 2.05) is 32.1 Å². The van der Waals surface area contributed by atoms with E-state index in [1.54, 1.807) is 18.2 Å². The third-order valence-corrected chi connectivity index (χ3v) is 11.9. The predicted molar refractivity (Wildman–Crippen MR) is 174 cm³/mol. The fourth-order valence-electron chi connectivity index (χ4n) is 7.59. The minimum absolute atomic E-state index is 0.0508. The molecule has 2 aromatic carbocycles. The summed E-state index contributed by atoms with van der Waals surface area (Å²) in [5, 5.41) is 26.6. The highest BCUT2D eigenvalue weighted by molar-refractivity contribution is 7.89. The van der Waals surface area contributed by atoms with E-state index in [4.69, 9.17) is 21.5 Å². The Morgan fingerprint density at radius 2 is 2.05 bits per heavy atom. The molecule has 2 aliphatic carbocycles. The molecule has 0 bridgehead atoms. The second-order valence-electron chi connectivity index (χ2n) is 13.1.